The first-order chi connectivity index (χ1) is 14.7. The molecule has 0 fully saturated rings. The van der Waals surface area contributed by atoms with Crippen LogP contribution in [-0.4, -0.2) is 0 Å². The first-order valence-electron chi connectivity index (χ1n) is 14.4. The minimum Gasteiger partial charge on any atom is -0.0885 e. The molecule has 0 heterocycles. The Morgan fingerprint density at radius 3 is 1.17 bits per heavy atom. The Morgan fingerprint density at radius 2 is 0.700 bits per heavy atom. The van der Waals surface area contributed by atoms with Gasteiger partial charge in [-0.05, 0) is 37.5 Å². The molecule has 0 saturated heterocycles. The van der Waals surface area contributed by atoms with Crippen LogP contribution in [0.3, 0.4) is 0 Å². The summed E-state index contributed by atoms with van der Waals surface area (Å²) in [6.45, 7) is 9.55. The molecule has 30 heavy (non-hydrogen) atoms. The third-order valence-corrected chi connectivity index (χ3v) is 6.90. The number of rotatable bonds is 24. The smallest absolute Gasteiger partial charge is 0.0351 e. The molecule has 0 heteroatoms. The van der Waals surface area contributed by atoms with Crippen molar-refractivity contribution >= 4 is 0 Å². The lowest BCUT2D eigenvalue weighted by molar-refractivity contribution is 0.416. The van der Waals surface area contributed by atoms with Crippen LogP contribution in [-0.2, 0) is 0 Å². The van der Waals surface area contributed by atoms with E-state index in [1.165, 1.54) is 141 Å². The van der Waals surface area contributed by atoms with Gasteiger partial charge in [-0.2, -0.15) is 0 Å². The lowest BCUT2D eigenvalue weighted by Gasteiger charge is -2.12. The van der Waals surface area contributed by atoms with Gasteiger partial charge in [-0.1, -0.05) is 155 Å². The van der Waals surface area contributed by atoms with Crippen molar-refractivity contribution in [2.24, 2.45) is 11.8 Å². The van der Waals surface area contributed by atoms with E-state index in [9.17, 15) is 0 Å². The summed E-state index contributed by atoms with van der Waals surface area (Å²) < 4.78 is 0. The highest BCUT2D eigenvalue weighted by Gasteiger charge is 2.04. The summed E-state index contributed by atoms with van der Waals surface area (Å²) in [5, 5.41) is 0. The molecule has 0 aromatic heterocycles. The highest BCUT2D eigenvalue weighted by Crippen LogP contribution is 2.20. The van der Waals surface area contributed by atoms with Gasteiger partial charge >= 0.3 is 0 Å². The van der Waals surface area contributed by atoms with Crippen LogP contribution in [0.25, 0.3) is 0 Å². The van der Waals surface area contributed by atoms with Crippen LogP contribution >= 0.6 is 0 Å². The topological polar surface area (TPSA) is 0 Å². The maximum atomic E-state index is 2.48. The van der Waals surface area contributed by atoms with Gasteiger partial charge in [0.25, 0.3) is 0 Å². The predicted molar refractivity (Wildman–Crippen MR) is 140 cm³/mol. The molecule has 0 amide bonds. The second-order valence-corrected chi connectivity index (χ2v) is 10.4. The van der Waals surface area contributed by atoms with Gasteiger partial charge in [-0.3, -0.25) is 0 Å². The lowest BCUT2D eigenvalue weighted by Crippen LogP contribution is -1.96. The largest absolute Gasteiger partial charge is 0.0885 e. The van der Waals surface area contributed by atoms with Crippen LogP contribution in [0, 0.1) is 11.8 Å². The summed E-state index contributed by atoms with van der Waals surface area (Å²) in [6, 6.07) is 0. The average molecular weight is 421 g/mol. The molecule has 0 N–H and O–H groups in total. The molecule has 0 saturated carbocycles. The molecule has 180 valence electrons. The summed E-state index contributed by atoms with van der Waals surface area (Å²) in [5.74, 6) is 1.90. The van der Waals surface area contributed by atoms with Crippen molar-refractivity contribution in [2.45, 2.75) is 169 Å². The van der Waals surface area contributed by atoms with Crippen LogP contribution in [0.5, 0.6) is 0 Å². The van der Waals surface area contributed by atoms with Crippen molar-refractivity contribution < 1.29 is 0 Å². The van der Waals surface area contributed by atoms with Crippen LogP contribution in [0.4, 0.5) is 0 Å². The number of hydrogen-bond donors (Lipinski definition) is 0. The summed E-state index contributed by atoms with van der Waals surface area (Å²) in [6.07, 6.45) is 36.2. The van der Waals surface area contributed by atoms with E-state index in [2.05, 4.69) is 39.8 Å². The van der Waals surface area contributed by atoms with E-state index in [0.29, 0.717) is 0 Å². The van der Waals surface area contributed by atoms with E-state index in [4.69, 9.17) is 0 Å². The van der Waals surface area contributed by atoms with E-state index in [1.54, 1.807) is 0 Å². The van der Waals surface area contributed by atoms with Crippen LogP contribution in [0.2, 0.25) is 0 Å². The number of hydrogen-bond acceptors (Lipinski definition) is 0. The standard InChI is InChI=1S/C30H60/c1-5-7-9-11-12-13-14-15-16-17-18-22-26-30(4)28-24-20-19-23-27-29(3)25-21-10-8-6-2/h15-16,29-30H,5-14,17-28H2,1-4H3/b16-15+. The summed E-state index contributed by atoms with van der Waals surface area (Å²) in [7, 11) is 0. The first-order valence-corrected chi connectivity index (χ1v) is 14.4. The molecule has 0 nitrogen and oxygen atoms in total. The van der Waals surface area contributed by atoms with Crippen LogP contribution in [0.15, 0.2) is 12.2 Å². The Hall–Kier alpha value is -0.260. The van der Waals surface area contributed by atoms with Crippen molar-refractivity contribution in [1.29, 1.82) is 0 Å². The molecule has 2 unspecified atom stereocenters. The van der Waals surface area contributed by atoms with Crippen molar-refractivity contribution in [3.8, 4) is 0 Å². The number of unbranched alkanes of at least 4 members (excludes halogenated alkanes) is 14. The van der Waals surface area contributed by atoms with Gasteiger partial charge in [0.05, 0.1) is 0 Å². The fraction of sp³-hybridized carbons (Fsp3) is 0.933. The third-order valence-electron chi connectivity index (χ3n) is 6.90. The Kier molecular flexibility index (Phi) is 24.8. The quantitative estimate of drug-likeness (QED) is 0.107. The normalized spacial score (nSPS) is 13.9. The fourth-order valence-electron chi connectivity index (χ4n) is 4.58. The van der Waals surface area contributed by atoms with Crippen molar-refractivity contribution in [3.63, 3.8) is 0 Å². The highest BCUT2D eigenvalue weighted by atomic mass is 14.1. The molecule has 0 aliphatic heterocycles. The zero-order valence-corrected chi connectivity index (χ0v) is 21.9. The van der Waals surface area contributed by atoms with Crippen molar-refractivity contribution in [2.75, 3.05) is 0 Å². The van der Waals surface area contributed by atoms with Crippen LogP contribution < -0.4 is 0 Å². The Labute approximate surface area is 193 Å². The van der Waals surface area contributed by atoms with E-state index in [1.807, 2.05) is 0 Å². The fourth-order valence-corrected chi connectivity index (χ4v) is 4.58. The van der Waals surface area contributed by atoms with Crippen molar-refractivity contribution in [3.05, 3.63) is 12.2 Å². The van der Waals surface area contributed by atoms with Gasteiger partial charge in [-0.25, -0.2) is 0 Å². The van der Waals surface area contributed by atoms with E-state index >= 15 is 0 Å². The zero-order valence-electron chi connectivity index (χ0n) is 21.9. The molecule has 0 aromatic carbocycles. The SMILES string of the molecule is CCCCCCCC/C=C/CCCCC(C)CCCCCCC(C)CCCCCC. The molecule has 0 aliphatic carbocycles. The Balaban J connectivity index is 3.30. The van der Waals surface area contributed by atoms with Gasteiger partial charge < -0.3 is 0 Å². The average Bonchev–Trinajstić information content (AvgIpc) is 2.74. The van der Waals surface area contributed by atoms with E-state index in [0.717, 1.165) is 11.8 Å². The molecule has 2 atom stereocenters. The van der Waals surface area contributed by atoms with Gasteiger partial charge in [0.15, 0.2) is 0 Å². The predicted octanol–water partition coefficient (Wildman–Crippen LogP) is 11.4. The van der Waals surface area contributed by atoms with Gasteiger partial charge in [-0.15, -0.1) is 0 Å². The molecular weight excluding hydrogens is 360 g/mol. The molecular formula is C30H60. The maximum Gasteiger partial charge on any atom is -0.0351 e. The summed E-state index contributed by atoms with van der Waals surface area (Å²) in [5.41, 5.74) is 0. The second-order valence-electron chi connectivity index (χ2n) is 10.4. The zero-order chi connectivity index (χ0) is 22.1. The van der Waals surface area contributed by atoms with Crippen LogP contribution in [0.1, 0.15) is 169 Å². The summed E-state index contributed by atoms with van der Waals surface area (Å²) in [4.78, 5) is 0. The monoisotopic (exact) mass is 420 g/mol. The van der Waals surface area contributed by atoms with E-state index in [-0.39, 0.29) is 0 Å². The molecule has 0 aliphatic rings. The Morgan fingerprint density at radius 1 is 0.400 bits per heavy atom. The number of allylic oxidation sites excluding steroid dienone is 2. The maximum absolute atomic E-state index is 2.48. The summed E-state index contributed by atoms with van der Waals surface area (Å²) >= 11 is 0. The van der Waals surface area contributed by atoms with E-state index < -0.39 is 0 Å². The van der Waals surface area contributed by atoms with Gasteiger partial charge in [0.2, 0.25) is 0 Å². The lowest BCUT2D eigenvalue weighted by atomic mass is 9.94. The van der Waals surface area contributed by atoms with Crippen molar-refractivity contribution in [1.82, 2.24) is 0 Å². The molecule has 0 bridgehead atoms. The minimum absolute atomic E-state index is 0.939. The first kappa shape index (κ1) is 29.7. The highest BCUT2D eigenvalue weighted by molar-refractivity contribution is 4.81. The molecule has 0 aromatic rings. The minimum atomic E-state index is 0.939. The molecule has 0 rings (SSSR count). The Bertz CT molecular complexity index is 329. The van der Waals surface area contributed by atoms with Gasteiger partial charge in [0.1, 0.15) is 0 Å². The molecule has 0 spiro atoms. The van der Waals surface area contributed by atoms with Gasteiger partial charge in [0, 0.05) is 0 Å². The second kappa shape index (κ2) is 25.0. The molecule has 0 radical (unpaired) electrons. The third kappa shape index (κ3) is 24.0.